The SMILES string of the molecule is CC(C)(C(=O)Nc1ccc(Br)cc1F)n1nc(-c2ccco2)ccc1=O. The number of halogens is 2. The number of hydrogen-bond donors (Lipinski definition) is 1. The number of furan rings is 1. The fourth-order valence-corrected chi connectivity index (χ4v) is 2.66. The van der Waals surface area contributed by atoms with Crippen molar-refractivity contribution in [1.82, 2.24) is 9.78 Å². The Bertz CT molecular complexity index is 1010. The van der Waals surface area contributed by atoms with E-state index >= 15 is 0 Å². The van der Waals surface area contributed by atoms with Gasteiger partial charge in [-0.2, -0.15) is 5.10 Å². The van der Waals surface area contributed by atoms with Crippen molar-refractivity contribution in [2.45, 2.75) is 19.4 Å². The number of amides is 1. The topological polar surface area (TPSA) is 77.1 Å². The molecule has 8 heteroatoms. The van der Waals surface area contributed by atoms with Crippen LogP contribution in [0.3, 0.4) is 0 Å². The molecule has 0 aliphatic carbocycles. The lowest BCUT2D eigenvalue weighted by atomic mass is 10.0. The van der Waals surface area contributed by atoms with Crippen molar-refractivity contribution in [2.24, 2.45) is 0 Å². The molecule has 6 nitrogen and oxygen atoms in total. The molecule has 26 heavy (non-hydrogen) atoms. The second kappa shape index (κ2) is 6.87. The van der Waals surface area contributed by atoms with Gasteiger partial charge >= 0.3 is 0 Å². The fourth-order valence-electron chi connectivity index (χ4n) is 2.33. The minimum Gasteiger partial charge on any atom is -0.463 e. The first-order chi connectivity index (χ1) is 12.3. The molecule has 0 atom stereocenters. The van der Waals surface area contributed by atoms with Gasteiger partial charge in [-0.05, 0) is 50.2 Å². The Labute approximate surface area is 156 Å². The Morgan fingerprint density at radius 1 is 1.27 bits per heavy atom. The summed E-state index contributed by atoms with van der Waals surface area (Å²) in [4.78, 5) is 25.0. The first-order valence-corrected chi connectivity index (χ1v) is 8.49. The van der Waals surface area contributed by atoms with E-state index in [4.69, 9.17) is 4.42 Å². The summed E-state index contributed by atoms with van der Waals surface area (Å²) in [7, 11) is 0. The molecule has 1 N–H and O–H groups in total. The molecule has 0 aliphatic heterocycles. The van der Waals surface area contributed by atoms with Crippen molar-refractivity contribution >= 4 is 27.5 Å². The minimum atomic E-state index is -1.36. The molecule has 0 aliphatic rings. The van der Waals surface area contributed by atoms with Crippen LogP contribution in [0.4, 0.5) is 10.1 Å². The third-order valence-electron chi connectivity index (χ3n) is 3.84. The first kappa shape index (κ1) is 18.1. The van der Waals surface area contributed by atoms with Gasteiger partial charge in [0.25, 0.3) is 11.5 Å². The Morgan fingerprint density at radius 2 is 2.04 bits per heavy atom. The maximum absolute atomic E-state index is 14.0. The van der Waals surface area contributed by atoms with Crippen LogP contribution >= 0.6 is 15.9 Å². The summed E-state index contributed by atoms with van der Waals surface area (Å²) in [5, 5.41) is 6.73. The van der Waals surface area contributed by atoms with Crippen LogP contribution in [0.5, 0.6) is 0 Å². The Morgan fingerprint density at radius 3 is 2.69 bits per heavy atom. The zero-order valence-electron chi connectivity index (χ0n) is 14.0. The Balaban J connectivity index is 1.95. The fraction of sp³-hybridized carbons (Fsp3) is 0.167. The molecule has 3 aromatic rings. The number of rotatable bonds is 4. The van der Waals surface area contributed by atoms with Crippen molar-refractivity contribution in [2.75, 3.05) is 5.32 Å². The Hall–Kier alpha value is -2.74. The normalized spacial score (nSPS) is 11.4. The van der Waals surface area contributed by atoms with Gasteiger partial charge < -0.3 is 9.73 Å². The van der Waals surface area contributed by atoms with Crippen LogP contribution in [0.15, 0.2) is 62.4 Å². The number of benzene rings is 1. The highest BCUT2D eigenvalue weighted by Gasteiger charge is 2.33. The van der Waals surface area contributed by atoms with E-state index in [1.54, 1.807) is 18.2 Å². The zero-order valence-corrected chi connectivity index (χ0v) is 15.6. The van der Waals surface area contributed by atoms with Crippen LogP contribution in [0.2, 0.25) is 0 Å². The van der Waals surface area contributed by atoms with Crippen molar-refractivity contribution in [3.63, 3.8) is 0 Å². The van der Waals surface area contributed by atoms with E-state index in [0.29, 0.717) is 15.9 Å². The quantitative estimate of drug-likeness (QED) is 0.697. The van der Waals surface area contributed by atoms with E-state index in [1.165, 1.54) is 44.4 Å². The van der Waals surface area contributed by atoms with Crippen LogP contribution in [0.1, 0.15) is 13.8 Å². The second-order valence-electron chi connectivity index (χ2n) is 6.08. The van der Waals surface area contributed by atoms with E-state index in [1.807, 2.05) is 0 Å². The van der Waals surface area contributed by atoms with Gasteiger partial charge in [-0.1, -0.05) is 15.9 Å². The van der Waals surface area contributed by atoms with Crippen LogP contribution in [0.25, 0.3) is 11.5 Å². The summed E-state index contributed by atoms with van der Waals surface area (Å²) >= 11 is 3.16. The molecule has 3 rings (SSSR count). The summed E-state index contributed by atoms with van der Waals surface area (Å²) in [6.07, 6.45) is 1.49. The molecule has 1 aromatic carbocycles. The average Bonchev–Trinajstić information content (AvgIpc) is 3.12. The number of carbonyl (C=O) groups is 1. The maximum atomic E-state index is 14.0. The van der Waals surface area contributed by atoms with Crippen LogP contribution in [0, 0.1) is 5.82 Å². The predicted octanol–water partition coefficient (Wildman–Crippen LogP) is 3.78. The van der Waals surface area contributed by atoms with Crippen LogP contribution in [-0.2, 0) is 10.3 Å². The second-order valence-corrected chi connectivity index (χ2v) is 7.00. The summed E-state index contributed by atoms with van der Waals surface area (Å²) in [6.45, 7) is 3.05. The van der Waals surface area contributed by atoms with Gasteiger partial charge in [-0.15, -0.1) is 0 Å². The lowest BCUT2D eigenvalue weighted by molar-refractivity contribution is -0.123. The highest BCUT2D eigenvalue weighted by atomic mass is 79.9. The van der Waals surface area contributed by atoms with Gasteiger partial charge in [0, 0.05) is 10.5 Å². The number of carbonyl (C=O) groups excluding carboxylic acids is 1. The van der Waals surface area contributed by atoms with Gasteiger partial charge in [-0.25, -0.2) is 9.07 Å². The van der Waals surface area contributed by atoms with E-state index in [-0.39, 0.29) is 5.69 Å². The first-order valence-electron chi connectivity index (χ1n) is 7.70. The molecule has 0 radical (unpaired) electrons. The third-order valence-corrected chi connectivity index (χ3v) is 4.33. The Kier molecular flexibility index (Phi) is 4.78. The highest BCUT2D eigenvalue weighted by Crippen LogP contribution is 2.23. The molecule has 0 saturated carbocycles. The van der Waals surface area contributed by atoms with Crippen molar-refractivity contribution in [1.29, 1.82) is 0 Å². The number of anilines is 1. The number of hydrogen-bond acceptors (Lipinski definition) is 4. The van der Waals surface area contributed by atoms with Crippen molar-refractivity contribution < 1.29 is 13.6 Å². The van der Waals surface area contributed by atoms with E-state index in [2.05, 4.69) is 26.3 Å². The molecule has 0 bridgehead atoms. The summed E-state index contributed by atoms with van der Waals surface area (Å²) < 4.78 is 20.9. The van der Waals surface area contributed by atoms with Gasteiger partial charge in [0.1, 0.15) is 17.1 Å². The molecule has 2 aromatic heterocycles. The minimum absolute atomic E-state index is 0.0153. The zero-order chi connectivity index (χ0) is 18.9. The monoisotopic (exact) mass is 419 g/mol. The third kappa shape index (κ3) is 3.45. The van der Waals surface area contributed by atoms with Gasteiger partial charge in [-0.3, -0.25) is 9.59 Å². The molecule has 0 saturated heterocycles. The van der Waals surface area contributed by atoms with Gasteiger partial charge in [0.05, 0.1) is 12.0 Å². The summed E-state index contributed by atoms with van der Waals surface area (Å²) in [5.74, 6) is -0.702. The highest BCUT2D eigenvalue weighted by molar-refractivity contribution is 9.10. The molecule has 0 spiro atoms. The van der Waals surface area contributed by atoms with Gasteiger partial charge in [0.15, 0.2) is 5.76 Å². The number of aromatic nitrogens is 2. The van der Waals surface area contributed by atoms with E-state index in [9.17, 15) is 14.0 Å². The molecule has 0 unspecified atom stereocenters. The maximum Gasteiger partial charge on any atom is 0.267 e. The summed E-state index contributed by atoms with van der Waals surface area (Å²) in [5.41, 5.74) is -1.40. The van der Waals surface area contributed by atoms with E-state index in [0.717, 1.165) is 4.68 Å². The molecular formula is C18H15BrFN3O3. The molecule has 134 valence electrons. The number of nitrogens with zero attached hydrogens (tertiary/aromatic N) is 2. The van der Waals surface area contributed by atoms with Crippen LogP contribution < -0.4 is 10.9 Å². The lowest BCUT2D eigenvalue weighted by Gasteiger charge is -2.25. The van der Waals surface area contributed by atoms with E-state index < -0.39 is 22.8 Å². The largest absolute Gasteiger partial charge is 0.463 e. The standard InChI is InChI=1S/C18H15BrFN3O3/c1-18(2,17(25)21-13-6-5-11(19)10-12(13)20)23-16(24)8-7-14(22-23)15-4-3-9-26-15/h3-10H,1-2H3,(H,21,25). The molecule has 0 fully saturated rings. The van der Waals surface area contributed by atoms with Crippen molar-refractivity contribution in [3.8, 4) is 11.5 Å². The molecular weight excluding hydrogens is 405 g/mol. The lowest BCUT2D eigenvalue weighted by Crippen LogP contribution is -2.47. The average molecular weight is 420 g/mol. The predicted molar refractivity (Wildman–Crippen MR) is 98.3 cm³/mol. The number of nitrogens with one attached hydrogen (secondary N) is 1. The van der Waals surface area contributed by atoms with Gasteiger partial charge in [0.2, 0.25) is 0 Å². The molecule has 2 heterocycles. The van der Waals surface area contributed by atoms with Crippen molar-refractivity contribution in [3.05, 3.63) is 69.4 Å². The smallest absolute Gasteiger partial charge is 0.267 e. The molecule has 1 amide bonds. The summed E-state index contributed by atoms with van der Waals surface area (Å²) in [6, 6.07) is 10.5. The van der Waals surface area contributed by atoms with Crippen LogP contribution in [-0.4, -0.2) is 15.7 Å².